The van der Waals surface area contributed by atoms with Crippen LogP contribution in [0.5, 0.6) is 0 Å². The molecule has 88 valence electrons. The second kappa shape index (κ2) is 6.36. The quantitative estimate of drug-likeness (QED) is 0.342. The molecule has 0 fully saturated rings. The fourth-order valence-electron chi connectivity index (χ4n) is 0.870. The Labute approximate surface area is 88.9 Å². The lowest BCUT2D eigenvalue weighted by atomic mass is 10.0. The van der Waals surface area contributed by atoms with Crippen molar-refractivity contribution in [2.24, 2.45) is 11.5 Å². The van der Waals surface area contributed by atoms with Crippen LogP contribution >= 0.6 is 0 Å². The number of hydrogen-bond donors (Lipinski definition) is 2. The lowest BCUT2D eigenvalue weighted by molar-refractivity contribution is -0.162. The van der Waals surface area contributed by atoms with Crippen molar-refractivity contribution in [2.75, 3.05) is 20.3 Å². The van der Waals surface area contributed by atoms with E-state index in [1.807, 2.05) is 6.92 Å². The topological polar surface area (TPSA) is 105 Å². The molecule has 0 aliphatic carbocycles. The average Bonchev–Trinajstić information content (AvgIpc) is 2.26. The number of hydrogen-bond acceptors (Lipinski definition) is 6. The highest BCUT2D eigenvalue weighted by Gasteiger charge is 2.43. The molecule has 0 aromatic carbocycles. The van der Waals surface area contributed by atoms with Crippen LogP contribution < -0.4 is 11.5 Å². The molecular weight excluding hydrogens is 200 g/mol. The zero-order valence-corrected chi connectivity index (χ0v) is 9.12. The molecule has 0 radical (unpaired) electrons. The Balaban J connectivity index is 4.38. The molecule has 0 aromatic rings. The Morgan fingerprint density at radius 1 is 1.33 bits per heavy atom. The van der Waals surface area contributed by atoms with Gasteiger partial charge in [-0.2, -0.15) is 0 Å². The molecule has 0 amide bonds. The van der Waals surface area contributed by atoms with Crippen LogP contribution in [0.3, 0.4) is 0 Å². The van der Waals surface area contributed by atoms with Gasteiger partial charge in [-0.3, -0.25) is 0 Å². The van der Waals surface area contributed by atoms with Crippen LogP contribution in [0.1, 0.15) is 19.8 Å². The highest BCUT2D eigenvalue weighted by Crippen LogP contribution is 2.05. The summed E-state index contributed by atoms with van der Waals surface area (Å²) in [5.41, 5.74) is 8.88. The molecule has 0 heterocycles. The number of carbonyl (C=O) groups is 2. The van der Waals surface area contributed by atoms with Crippen molar-refractivity contribution >= 4 is 11.9 Å². The van der Waals surface area contributed by atoms with E-state index in [0.717, 1.165) is 13.5 Å². The highest BCUT2D eigenvalue weighted by molar-refractivity contribution is 6.05. The normalized spacial score (nSPS) is 14.1. The molecule has 0 aliphatic heterocycles. The van der Waals surface area contributed by atoms with Crippen LogP contribution in [0.2, 0.25) is 0 Å². The van der Waals surface area contributed by atoms with Crippen molar-refractivity contribution < 1.29 is 19.1 Å². The minimum atomic E-state index is -1.89. The van der Waals surface area contributed by atoms with E-state index in [2.05, 4.69) is 4.74 Å². The van der Waals surface area contributed by atoms with E-state index in [1.54, 1.807) is 0 Å². The van der Waals surface area contributed by atoms with Crippen LogP contribution in [0.25, 0.3) is 0 Å². The molecule has 0 aliphatic rings. The summed E-state index contributed by atoms with van der Waals surface area (Å²) >= 11 is 0. The van der Waals surface area contributed by atoms with E-state index >= 15 is 0 Å². The summed E-state index contributed by atoms with van der Waals surface area (Å²) in [4.78, 5) is 22.7. The van der Waals surface area contributed by atoms with Crippen molar-refractivity contribution in [3.8, 4) is 0 Å². The van der Waals surface area contributed by atoms with E-state index in [-0.39, 0.29) is 13.2 Å². The molecule has 15 heavy (non-hydrogen) atoms. The summed E-state index contributed by atoms with van der Waals surface area (Å²) in [6, 6.07) is 0. The summed E-state index contributed by atoms with van der Waals surface area (Å²) in [5.74, 6) is -1.73. The van der Waals surface area contributed by atoms with Gasteiger partial charge in [0.1, 0.15) is 0 Å². The SMILES string of the molecule is CCCCOC(=O)[C@](N)(CN)C(=O)OC. The summed E-state index contributed by atoms with van der Waals surface area (Å²) in [7, 11) is 1.14. The van der Waals surface area contributed by atoms with Gasteiger partial charge < -0.3 is 20.9 Å². The summed E-state index contributed by atoms with van der Waals surface area (Å²) in [6.07, 6.45) is 1.60. The van der Waals surface area contributed by atoms with Crippen molar-refractivity contribution in [3.05, 3.63) is 0 Å². The predicted octanol–water partition coefficient (Wildman–Crippen LogP) is -0.841. The van der Waals surface area contributed by atoms with Gasteiger partial charge in [0.2, 0.25) is 5.54 Å². The number of methoxy groups -OCH3 is 1. The standard InChI is InChI=1S/C9H18N2O4/c1-3-4-5-15-8(13)9(11,6-10)7(12)14-2/h3-6,10-11H2,1-2H3/t9-/m0/s1. The van der Waals surface area contributed by atoms with Crippen LogP contribution in [0, 0.1) is 0 Å². The lowest BCUT2D eigenvalue weighted by Gasteiger charge is -2.22. The maximum atomic E-state index is 11.4. The zero-order valence-electron chi connectivity index (χ0n) is 9.12. The maximum Gasteiger partial charge on any atom is 0.339 e. The van der Waals surface area contributed by atoms with E-state index in [1.165, 1.54) is 0 Å². The number of unbranched alkanes of at least 4 members (excludes halogenated alkanes) is 1. The molecule has 0 saturated carbocycles. The fraction of sp³-hybridized carbons (Fsp3) is 0.778. The van der Waals surface area contributed by atoms with Crippen LogP contribution in [0.4, 0.5) is 0 Å². The Bertz CT molecular complexity index is 232. The predicted molar refractivity (Wildman–Crippen MR) is 53.9 cm³/mol. The summed E-state index contributed by atoms with van der Waals surface area (Å²) < 4.78 is 9.21. The third kappa shape index (κ3) is 3.49. The summed E-state index contributed by atoms with van der Waals surface area (Å²) in [6.45, 7) is 1.84. The van der Waals surface area contributed by atoms with Gasteiger partial charge in [-0.25, -0.2) is 9.59 Å². The first kappa shape index (κ1) is 13.9. The Kier molecular flexibility index (Phi) is 5.88. The molecule has 0 saturated heterocycles. The molecule has 1 atom stereocenters. The van der Waals surface area contributed by atoms with Crippen LogP contribution in [-0.2, 0) is 19.1 Å². The van der Waals surface area contributed by atoms with E-state index in [4.69, 9.17) is 16.2 Å². The molecule has 4 N–H and O–H groups in total. The average molecular weight is 218 g/mol. The molecule has 0 aromatic heterocycles. The molecular formula is C9H18N2O4. The maximum absolute atomic E-state index is 11.4. The van der Waals surface area contributed by atoms with E-state index in [0.29, 0.717) is 6.42 Å². The second-order valence-electron chi connectivity index (χ2n) is 3.16. The molecule has 0 spiro atoms. The molecule has 0 rings (SSSR count). The van der Waals surface area contributed by atoms with Crippen molar-refractivity contribution in [3.63, 3.8) is 0 Å². The largest absolute Gasteiger partial charge is 0.467 e. The summed E-state index contributed by atoms with van der Waals surface area (Å²) in [5, 5.41) is 0. The third-order valence-corrected chi connectivity index (χ3v) is 1.97. The first-order valence-corrected chi connectivity index (χ1v) is 4.77. The van der Waals surface area contributed by atoms with Gasteiger partial charge in [-0.15, -0.1) is 0 Å². The number of carbonyl (C=O) groups excluding carboxylic acids is 2. The van der Waals surface area contributed by atoms with Crippen molar-refractivity contribution in [1.82, 2.24) is 0 Å². The first-order valence-electron chi connectivity index (χ1n) is 4.77. The lowest BCUT2D eigenvalue weighted by Crippen LogP contribution is -2.61. The fourth-order valence-corrected chi connectivity index (χ4v) is 0.870. The number of rotatable bonds is 6. The van der Waals surface area contributed by atoms with Crippen LogP contribution in [-0.4, -0.2) is 37.7 Å². The number of nitrogens with two attached hydrogens (primary N) is 2. The van der Waals surface area contributed by atoms with Gasteiger partial charge in [-0.05, 0) is 6.42 Å². The van der Waals surface area contributed by atoms with Gasteiger partial charge in [0, 0.05) is 6.54 Å². The molecule has 0 bridgehead atoms. The first-order chi connectivity index (χ1) is 7.02. The van der Waals surface area contributed by atoms with E-state index < -0.39 is 17.5 Å². The monoisotopic (exact) mass is 218 g/mol. The Morgan fingerprint density at radius 3 is 2.33 bits per heavy atom. The smallest absolute Gasteiger partial charge is 0.339 e. The molecule has 6 heteroatoms. The van der Waals surface area contributed by atoms with Gasteiger partial charge in [0.25, 0.3) is 0 Å². The van der Waals surface area contributed by atoms with Gasteiger partial charge in [0.15, 0.2) is 0 Å². The van der Waals surface area contributed by atoms with Crippen LogP contribution in [0.15, 0.2) is 0 Å². The van der Waals surface area contributed by atoms with Gasteiger partial charge in [-0.1, -0.05) is 13.3 Å². The molecule has 0 unspecified atom stereocenters. The third-order valence-electron chi connectivity index (χ3n) is 1.97. The van der Waals surface area contributed by atoms with Crippen molar-refractivity contribution in [1.29, 1.82) is 0 Å². The number of esters is 2. The second-order valence-corrected chi connectivity index (χ2v) is 3.16. The van der Waals surface area contributed by atoms with Gasteiger partial charge in [0.05, 0.1) is 13.7 Å². The zero-order chi connectivity index (χ0) is 11.9. The van der Waals surface area contributed by atoms with E-state index in [9.17, 15) is 9.59 Å². The minimum Gasteiger partial charge on any atom is -0.467 e. The Hall–Kier alpha value is -1.14. The Morgan fingerprint density at radius 2 is 1.93 bits per heavy atom. The van der Waals surface area contributed by atoms with Gasteiger partial charge >= 0.3 is 11.9 Å². The molecule has 6 nitrogen and oxygen atoms in total. The minimum absolute atomic E-state index is 0.227. The number of ether oxygens (including phenoxy) is 2. The van der Waals surface area contributed by atoms with Crippen molar-refractivity contribution in [2.45, 2.75) is 25.3 Å². The highest BCUT2D eigenvalue weighted by atomic mass is 16.6.